The van der Waals surface area contributed by atoms with Crippen LogP contribution in [0.2, 0.25) is 0 Å². The first-order chi connectivity index (χ1) is 13.6. The van der Waals surface area contributed by atoms with Gasteiger partial charge in [-0.1, -0.05) is 24.3 Å². The fourth-order valence-corrected chi connectivity index (χ4v) is 3.01. The highest BCUT2D eigenvalue weighted by molar-refractivity contribution is 5.66. The lowest BCUT2D eigenvalue weighted by molar-refractivity contribution is 0.410. The fraction of sp³-hybridized carbons (Fsp3) is 0.273. The number of ether oxygens (including phenoxy) is 2. The number of para-hydroxylation sites is 1. The Hall–Kier alpha value is -3.28. The van der Waals surface area contributed by atoms with Gasteiger partial charge in [0.25, 0.3) is 0 Å². The lowest BCUT2D eigenvalue weighted by Crippen LogP contribution is -2.09. The van der Waals surface area contributed by atoms with Crippen LogP contribution in [0.3, 0.4) is 0 Å². The Labute approximate surface area is 166 Å². The summed E-state index contributed by atoms with van der Waals surface area (Å²) in [6, 6.07) is 15.9. The number of aromatic nitrogens is 2. The van der Waals surface area contributed by atoms with E-state index in [1.54, 1.807) is 14.2 Å². The molecule has 0 atom stereocenters. The second-order valence-corrected chi connectivity index (χ2v) is 6.50. The summed E-state index contributed by atoms with van der Waals surface area (Å²) in [6.07, 6.45) is 0.835. The Morgan fingerprint density at radius 1 is 0.857 bits per heavy atom. The van der Waals surface area contributed by atoms with Gasteiger partial charge in [0, 0.05) is 12.6 Å². The summed E-state index contributed by atoms with van der Waals surface area (Å²) in [6.45, 7) is 4.66. The molecule has 0 saturated heterocycles. The van der Waals surface area contributed by atoms with Crippen LogP contribution in [-0.2, 0) is 6.42 Å². The molecule has 3 rings (SSSR count). The first-order valence-electron chi connectivity index (χ1n) is 9.22. The van der Waals surface area contributed by atoms with Gasteiger partial charge in [-0.3, -0.25) is 0 Å². The molecule has 28 heavy (non-hydrogen) atoms. The van der Waals surface area contributed by atoms with Crippen molar-refractivity contribution in [3.63, 3.8) is 0 Å². The first-order valence-corrected chi connectivity index (χ1v) is 9.22. The summed E-state index contributed by atoms with van der Waals surface area (Å²) in [5.74, 6) is 3.86. The summed E-state index contributed by atoms with van der Waals surface area (Å²) < 4.78 is 10.8. The molecule has 1 heterocycles. The minimum Gasteiger partial charge on any atom is -0.496 e. The largest absolute Gasteiger partial charge is 0.496 e. The zero-order chi connectivity index (χ0) is 19.9. The number of aryl methyl sites for hydroxylation is 2. The van der Waals surface area contributed by atoms with E-state index in [9.17, 15) is 0 Å². The van der Waals surface area contributed by atoms with Gasteiger partial charge in [-0.25, -0.2) is 9.97 Å². The van der Waals surface area contributed by atoms with Crippen LogP contribution in [0.5, 0.6) is 11.5 Å². The van der Waals surface area contributed by atoms with E-state index in [-0.39, 0.29) is 0 Å². The van der Waals surface area contributed by atoms with Crippen LogP contribution >= 0.6 is 0 Å². The molecule has 0 aliphatic rings. The van der Waals surface area contributed by atoms with Crippen LogP contribution in [-0.4, -0.2) is 30.7 Å². The van der Waals surface area contributed by atoms with Crippen LogP contribution in [0.25, 0.3) is 0 Å². The smallest absolute Gasteiger partial charge is 0.142 e. The van der Waals surface area contributed by atoms with Crippen molar-refractivity contribution in [2.24, 2.45) is 0 Å². The summed E-state index contributed by atoms with van der Waals surface area (Å²) >= 11 is 0. The van der Waals surface area contributed by atoms with E-state index in [0.29, 0.717) is 5.82 Å². The second-order valence-electron chi connectivity index (χ2n) is 6.50. The van der Waals surface area contributed by atoms with E-state index >= 15 is 0 Å². The molecule has 0 spiro atoms. The predicted molar refractivity (Wildman–Crippen MR) is 113 cm³/mol. The van der Waals surface area contributed by atoms with Crippen LogP contribution in [0.1, 0.15) is 17.0 Å². The normalized spacial score (nSPS) is 10.4. The quantitative estimate of drug-likeness (QED) is 0.601. The third-order valence-electron chi connectivity index (χ3n) is 4.35. The molecular weight excluding hydrogens is 352 g/mol. The van der Waals surface area contributed by atoms with E-state index < -0.39 is 0 Å². The molecule has 0 aliphatic heterocycles. The van der Waals surface area contributed by atoms with Crippen LogP contribution < -0.4 is 20.1 Å². The van der Waals surface area contributed by atoms with Crippen molar-refractivity contribution in [1.82, 2.24) is 9.97 Å². The number of anilines is 3. The van der Waals surface area contributed by atoms with E-state index in [4.69, 9.17) is 9.47 Å². The molecule has 0 aliphatic carbocycles. The van der Waals surface area contributed by atoms with Gasteiger partial charge in [0.2, 0.25) is 0 Å². The molecular formula is C22H26N4O2. The van der Waals surface area contributed by atoms with Gasteiger partial charge in [-0.05, 0) is 49.6 Å². The number of nitrogens with one attached hydrogen (secondary N) is 2. The Morgan fingerprint density at radius 2 is 1.61 bits per heavy atom. The number of methoxy groups -OCH3 is 2. The molecule has 6 nitrogen and oxygen atoms in total. The van der Waals surface area contributed by atoms with Gasteiger partial charge >= 0.3 is 0 Å². The summed E-state index contributed by atoms with van der Waals surface area (Å²) in [7, 11) is 3.35. The number of rotatable bonds is 8. The van der Waals surface area contributed by atoms with Gasteiger partial charge in [0.1, 0.15) is 29.0 Å². The summed E-state index contributed by atoms with van der Waals surface area (Å²) in [4.78, 5) is 8.97. The fourth-order valence-electron chi connectivity index (χ4n) is 3.01. The van der Waals surface area contributed by atoms with Gasteiger partial charge in [0.05, 0.1) is 19.9 Å². The molecule has 0 amide bonds. The van der Waals surface area contributed by atoms with Gasteiger partial charge in [-0.2, -0.15) is 0 Å². The highest BCUT2D eigenvalue weighted by Crippen LogP contribution is 2.28. The average molecular weight is 378 g/mol. The lowest BCUT2D eigenvalue weighted by Gasteiger charge is -2.13. The topological polar surface area (TPSA) is 68.3 Å². The van der Waals surface area contributed by atoms with Crippen molar-refractivity contribution in [3.8, 4) is 11.5 Å². The summed E-state index contributed by atoms with van der Waals surface area (Å²) in [5.41, 5.74) is 3.18. The predicted octanol–water partition coefficient (Wildman–Crippen LogP) is 4.51. The molecule has 146 valence electrons. The maximum absolute atomic E-state index is 5.44. The number of hydrogen-bond donors (Lipinski definition) is 2. The van der Waals surface area contributed by atoms with Crippen molar-refractivity contribution >= 4 is 17.3 Å². The van der Waals surface area contributed by atoms with Gasteiger partial charge in [-0.15, -0.1) is 0 Å². The van der Waals surface area contributed by atoms with Gasteiger partial charge in [0.15, 0.2) is 0 Å². The van der Waals surface area contributed by atoms with Crippen LogP contribution in [0.15, 0.2) is 48.5 Å². The SMILES string of the molecule is COc1ccccc1CCNc1cc(Nc2cc(C)ccc2OC)nc(C)n1. The minimum atomic E-state index is 0.691. The Morgan fingerprint density at radius 3 is 2.39 bits per heavy atom. The highest BCUT2D eigenvalue weighted by Gasteiger charge is 2.08. The van der Waals surface area contributed by atoms with Crippen molar-refractivity contribution in [1.29, 1.82) is 0 Å². The molecule has 1 aromatic heterocycles. The summed E-state index contributed by atoms with van der Waals surface area (Å²) in [5, 5.41) is 6.71. The van der Waals surface area contributed by atoms with E-state index in [2.05, 4.69) is 26.7 Å². The maximum Gasteiger partial charge on any atom is 0.142 e. The standard InChI is InChI=1S/C22H26N4O2/c1-15-9-10-20(28-4)18(13-15)26-22-14-21(24-16(2)25-22)23-12-11-17-7-5-6-8-19(17)27-3/h5-10,13-14H,11-12H2,1-4H3,(H2,23,24,25,26). The zero-order valence-electron chi connectivity index (χ0n) is 16.7. The number of benzene rings is 2. The molecule has 0 saturated carbocycles. The van der Waals surface area contributed by atoms with Crippen LogP contribution in [0, 0.1) is 13.8 Å². The van der Waals surface area contributed by atoms with Crippen molar-refractivity contribution < 1.29 is 9.47 Å². The zero-order valence-corrected chi connectivity index (χ0v) is 16.7. The molecule has 0 unspecified atom stereocenters. The molecule has 2 aromatic carbocycles. The van der Waals surface area contributed by atoms with Crippen LogP contribution in [0.4, 0.5) is 17.3 Å². The Bertz CT molecular complexity index is 944. The molecule has 3 aromatic rings. The first kappa shape index (κ1) is 19.5. The molecule has 2 N–H and O–H groups in total. The average Bonchev–Trinajstić information content (AvgIpc) is 2.68. The molecule has 6 heteroatoms. The van der Waals surface area contributed by atoms with Crippen molar-refractivity contribution in [3.05, 3.63) is 65.5 Å². The monoisotopic (exact) mass is 378 g/mol. The maximum atomic E-state index is 5.44. The van der Waals surface area contributed by atoms with Gasteiger partial charge < -0.3 is 20.1 Å². The van der Waals surface area contributed by atoms with E-state index in [1.807, 2.05) is 56.3 Å². The minimum absolute atomic E-state index is 0.691. The molecule has 0 bridgehead atoms. The van der Waals surface area contributed by atoms with Crippen molar-refractivity contribution in [2.75, 3.05) is 31.4 Å². The molecule has 0 fully saturated rings. The number of hydrogen-bond acceptors (Lipinski definition) is 6. The van der Waals surface area contributed by atoms with Crippen molar-refractivity contribution in [2.45, 2.75) is 20.3 Å². The highest BCUT2D eigenvalue weighted by atomic mass is 16.5. The van der Waals surface area contributed by atoms with E-state index in [0.717, 1.165) is 52.9 Å². The third kappa shape index (κ3) is 4.91. The Kier molecular flexibility index (Phi) is 6.32. The third-order valence-corrected chi connectivity index (χ3v) is 4.35. The lowest BCUT2D eigenvalue weighted by atomic mass is 10.1. The Balaban J connectivity index is 1.70. The van der Waals surface area contributed by atoms with E-state index in [1.165, 1.54) is 0 Å². The molecule has 0 radical (unpaired) electrons. The second kappa shape index (κ2) is 9.08. The number of nitrogens with zero attached hydrogens (tertiary/aromatic N) is 2.